The Morgan fingerprint density at radius 1 is 1.39 bits per heavy atom. The van der Waals surface area contributed by atoms with E-state index in [2.05, 4.69) is 54.3 Å². The van der Waals surface area contributed by atoms with Crippen LogP contribution in [-0.2, 0) is 12.8 Å². The van der Waals surface area contributed by atoms with Crippen LogP contribution in [-0.4, -0.2) is 29.2 Å². The Bertz CT molecular complexity index is 1150. The summed E-state index contributed by atoms with van der Waals surface area (Å²) in [5.74, 6) is 0.530. The van der Waals surface area contributed by atoms with Gasteiger partial charge in [0, 0.05) is 49.0 Å². The molecule has 1 aliphatic rings. The van der Waals surface area contributed by atoms with Gasteiger partial charge < -0.3 is 21.4 Å². The van der Waals surface area contributed by atoms with E-state index in [1.165, 1.54) is 40.2 Å². The van der Waals surface area contributed by atoms with Crippen molar-refractivity contribution in [2.45, 2.75) is 39.5 Å². The summed E-state index contributed by atoms with van der Waals surface area (Å²) in [5.41, 5.74) is 15.1. The molecule has 0 amide bonds. The van der Waals surface area contributed by atoms with Crippen molar-refractivity contribution in [2.24, 2.45) is 0 Å². The van der Waals surface area contributed by atoms with Crippen LogP contribution in [0.5, 0.6) is 0 Å². The number of nitrogens with zero attached hydrogens (tertiary/aromatic N) is 3. The molecule has 1 aromatic heterocycles. The highest BCUT2D eigenvalue weighted by atomic mass is 15.1. The van der Waals surface area contributed by atoms with Crippen molar-refractivity contribution in [3.63, 3.8) is 0 Å². The van der Waals surface area contributed by atoms with Crippen molar-refractivity contribution < 1.29 is 0 Å². The predicted octanol–water partition coefficient (Wildman–Crippen LogP) is 5.22. The lowest BCUT2D eigenvalue weighted by Gasteiger charge is -2.27. The molecule has 0 radical (unpaired) electrons. The zero-order valence-corrected chi connectivity index (χ0v) is 19.5. The van der Waals surface area contributed by atoms with Crippen molar-refractivity contribution in [1.29, 1.82) is 10.7 Å². The van der Waals surface area contributed by atoms with Crippen LogP contribution >= 0.6 is 0 Å². The molecule has 0 bridgehead atoms. The van der Waals surface area contributed by atoms with E-state index in [0.717, 1.165) is 43.5 Å². The minimum Gasteiger partial charge on any atom is -0.398 e. The summed E-state index contributed by atoms with van der Waals surface area (Å²) in [4.78, 5) is 6.42. The van der Waals surface area contributed by atoms with Crippen molar-refractivity contribution in [3.8, 4) is 6.07 Å². The molecule has 2 aromatic rings. The quantitative estimate of drug-likeness (QED) is 0.440. The monoisotopic (exact) mass is 440 g/mol. The summed E-state index contributed by atoms with van der Waals surface area (Å²) in [7, 11) is 0. The second-order valence-corrected chi connectivity index (χ2v) is 8.35. The van der Waals surface area contributed by atoms with Crippen LogP contribution in [0.25, 0.3) is 5.57 Å². The van der Waals surface area contributed by atoms with Gasteiger partial charge in [-0.05, 0) is 60.4 Å². The molecular formula is C27H32N6. The molecule has 3 rings (SSSR count). The van der Waals surface area contributed by atoms with Gasteiger partial charge in [0.15, 0.2) is 0 Å². The van der Waals surface area contributed by atoms with E-state index in [1.54, 1.807) is 12.3 Å². The highest BCUT2D eigenvalue weighted by Crippen LogP contribution is 2.34. The van der Waals surface area contributed by atoms with Gasteiger partial charge in [0.1, 0.15) is 11.9 Å². The van der Waals surface area contributed by atoms with E-state index in [1.807, 2.05) is 6.07 Å². The van der Waals surface area contributed by atoms with Gasteiger partial charge in [-0.15, -0.1) is 0 Å². The average Bonchev–Trinajstić information content (AvgIpc) is 3.20. The Morgan fingerprint density at radius 3 is 2.85 bits per heavy atom. The van der Waals surface area contributed by atoms with E-state index in [4.69, 9.17) is 16.4 Å². The molecule has 0 fully saturated rings. The van der Waals surface area contributed by atoms with Gasteiger partial charge in [0.2, 0.25) is 0 Å². The van der Waals surface area contributed by atoms with Gasteiger partial charge in [-0.2, -0.15) is 5.26 Å². The normalized spacial score (nSPS) is 12.8. The Morgan fingerprint density at radius 2 is 2.18 bits per heavy atom. The predicted molar refractivity (Wildman–Crippen MR) is 137 cm³/mol. The molecule has 6 nitrogen and oxygen atoms in total. The van der Waals surface area contributed by atoms with Crippen molar-refractivity contribution in [3.05, 3.63) is 82.8 Å². The highest BCUT2D eigenvalue weighted by molar-refractivity contribution is 5.77. The second-order valence-electron chi connectivity index (χ2n) is 8.35. The first-order chi connectivity index (χ1) is 15.9. The van der Waals surface area contributed by atoms with Crippen molar-refractivity contribution in [2.75, 3.05) is 24.1 Å². The number of fused-ring (bicyclic) bond motifs is 1. The molecule has 0 saturated heterocycles. The van der Waals surface area contributed by atoms with E-state index in [-0.39, 0.29) is 0 Å². The molecule has 6 heteroatoms. The maximum atomic E-state index is 9.00. The molecule has 0 spiro atoms. The molecule has 33 heavy (non-hydrogen) atoms. The fourth-order valence-corrected chi connectivity index (χ4v) is 4.13. The first-order valence-electron chi connectivity index (χ1n) is 11.2. The second kappa shape index (κ2) is 10.6. The van der Waals surface area contributed by atoms with Gasteiger partial charge in [0.05, 0.1) is 11.3 Å². The fraction of sp³-hybridized carbons (Fsp3) is 0.296. The topological polar surface area (TPSA) is 102 Å². The van der Waals surface area contributed by atoms with Gasteiger partial charge in [-0.25, -0.2) is 4.98 Å². The molecule has 0 aliphatic heterocycles. The highest BCUT2D eigenvalue weighted by Gasteiger charge is 2.18. The zero-order chi connectivity index (χ0) is 24.0. The lowest BCUT2D eigenvalue weighted by Crippen LogP contribution is -2.28. The molecule has 4 N–H and O–H groups in total. The van der Waals surface area contributed by atoms with Gasteiger partial charge in [-0.3, -0.25) is 0 Å². The number of rotatable bonds is 10. The average molecular weight is 441 g/mol. The maximum Gasteiger partial charge on any atom is 0.131 e. The maximum absolute atomic E-state index is 9.00. The molecule has 0 saturated carbocycles. The third-order valence-corrected chi connectivity index (χ3v) is 6.30. The van der Waals surface area contributed by atoms with Crippen LogP contribution in [0.2, 0.25) is 0 Å². The summed E-state index contributed by atoms with van der Waals surface area (Å²) < 4.78 is 0. The van der Waals surface area contributed by atoms with Crippen LogP contribution in [0.15, 0.2) is 55.0 Å². The number of nitriles is 1. The number of allylic oxidation sites excluding steroid dienone is 2. The first-order valence-corrected chi connectivity index (χ1v) is 11.2. The standard InChI is InChI=1S/C27H32N6/c1-5-19(3)33(11-10-22-7-9-24-18(2)6-8-25(24)20(22)4)17-21(13-28)15-31-27-12-26(30)23(14-29)16-32-27/h7,9,12-13,15-16,28H,2-3,5-6,8,10-11,17H2,1,4H3,(H3,30,31,32)/b21-15+,28-13?. The van der Waals surface area contributed by atoms with E-state index < -0.39 is 0 Å². The molecule has 1 heterocycles. The number of nitrogens with one attached hydrogen (secondary N) is 2. The Balaban J connectivity index is 1.71. The van der Waals surface area contributed by atoms with Crippen LogP contribution in [0.4, 0.5) is 11.5 Å². The Kier molecular flexibility index (Phi) is 7.68. The number of anilines is 2. The molecule has 0 unspecified atom stereocenters. The number of benzene rings is 1. The first kappa shape index (κ1) is 23.8. The van der Waals surface area contributed by atoms with Crippen molar-refractivity contribution >= 4 is 23.3 Å². The number of pyridine rings is 1. The van der Waals surface area contributed by atoms with E-state index >= 15 is 0 Å². The number of nitrogens with two attached hydrogens (primary N) is 1. The molecule has 1 aromatic carbocycles. The van der Waals surface area contributed by atoms with Gasteiger partial charge in [-0.1, -0.05) is 32.2 Å². The third kappa shape index (κ3) is 5.50. The van der Waals surface area contributed by atoms with Gasteiger partial charge >= 0.3 is 0 Å². The van der Waals surface area contributed by atoms with E-state index in [0.29, 0.717) is 23.6 Å². The van der Waals surface area contributed by atoms with Crippen molar-refractivity contribution in [1.82, 2.24) is 9.88 Å². The summed E-state index contributed by atoms with van der Waals surface area (Å²) in [5, 5.41) is 20.0. The van der Waals surface area contributed by atoms with Crippen LogP contribution < -0.4 is 11.1 Å². The number of hydrogen-bond donors (Lipinski definition) is 3. The van der Waals surface area contributed by atoms with E-state index in [9.17, 15) is 0 Å². The lowest BCUT2D eigenvalue weighted by atomic mass is 9.96. The van der Waals surface area contributed by atoms with Crippen LogP contribution in [0.1, 0.15) is 47.6 Å². The number of nitrogen functional groups attached to an aromatic ring is 1. The Hall–Kier alpha value is -3.85. The summed E-state index contributed by atoms with van der Waals surface area (Å²) in [6.45, 7) is 14.1. The molecule has 0 atom stereocenters. The minimum absolute atomic E-state index is 0.341. The van der Waals surface area contributed by atoms with Crippen LogP contribution in [0, 0.1) is 23.7 Å². The fourth-order valence-electron chi connectivity index (χ4n) is 4.13. The summed E-state index contributed by atoms with van der Waals surface area (Å²) >= 11 is 0. The van der Waals surface area contributed by atoms with Crippen LogP contribution in [0.3, 0.4) is 0 Å². The zero-order valence-electron chi connectivity index (χ0n) is 19.5. The third-order valence-electron chi connectivity index (χ3n) is 6.30. The SMILES string of the molecule is C=C1CCc2c1ccc(CCN(C/C(C=N)=C/Nc1cc(N)c(C#N)cn1)C(=C)CC)c2C. The molecular weight excluding hydrogens is 408 g/mol. The lowest BCUT2D eigenvalue weighted by molar-refractivity contribution is 0.371. The number of aromatic nitrogens is 1. The van der Waals surface area contributed by atoms with Gasteiger partial charge in [0.25, 0.3) is 0 Å². The molecule has 170 valence electrons. The Labute approximate surface area is 196 Å². The summed E-state index contributed by atoms with van der Waals surface area (Å²) in [6.07, 6.45) is 8.42. The smallest absolute Gasteiger partial charge is 0.131 e. The minimum atomic E-state index is 0.341. The largest absolute Gasteiger partial charge is 0.398 e. The molecule has 1 aliphatic carbocycles. The number of hydrogen-bond acceptors (Lipinski definition) is 6. The summed E-state index contributed by atoms with van der Waals surface area (Å²) in [6, 6.07) is 8.07.